The predicted octanol–water partition coefficient (Wildman–Crippen LogP) is 4.23. The Morgan fingerprint density at radius 2 is 1.50 bits per heavy atom. The first-order valence-corrected chi connectivity index (χ1v) is 6.48. The Morgan fingerprint density at radius 3 is 2.07 bits per heavy atom. The van der Waals surface area contributed by atoms with Crippen LogP contribution in [0.3, 0.4) is 0 Å². The zero-order valence-electron chi connectivity index (χ0n) is 10.4. The monoisotopic (exact) mass is 201 g/mol. The van der Waals surface area contributed by atoms with Gasteiger partial charge in [0.25, 0.3) is 0 Å². The summed E-state index contributed by atoms with van der Waals surface area (Å²) >= 11 is 0. The highest BCUT2D eigenvalue weighted by atomic mass is 14.8. The molecule has 0 saturated heterocycles. The van der Waals surface area contributed by atoms with Gasteiger partial charge >= 0.3 is 0 Å². The molecular weight excluding hydrogens is 170 g/mol. The normalized spacial score (nSPS) is 11.1. The van der Waals surface area contributed by atoms with Crippen LogP contribution in [-0.2, 0) is 0 Å². The molecule has 0 aliphatic heterocycles. The first kappa shape index (κ1) is 14.0. The number of rotatable bonds is 10. The Kier molecular flexibility index (Phi) is 11.0. The fourth-order valence-corrected chi connectivity index (χ4v) is 1.60. The molecule has 0 aliphatic carbocycles. The molecule has 0 radical (unpaired) electrons. The van der Waals surface area contributed by atoms with E-state index in [2.05, 4.69) is 26.1 Å². The SMILES string of the molecule is CCCCCCCCCNCC(C)C.[HH]. The van der Waals surface area contributed by atoms with Crippen LogP contribution in [0.15, 0.2) is 0 Å². The topological polar surface area (TPSA) is 12.0 Å². The van der Waals surface area contributed by atoms with Crippen LogP contribution in [0.1, 0.15) is 67.1 Å². The van der Waals surface area contributed by atoms with Crippen molar-refractivity contribution < 1.29 is 1.43 Å². The van der Waals surface area contributed by atoms with Gasteiger partial charge in [-0.25, -0.2) is 0 Å². The lowest BCUT2D eigenvalue weighted by molar-refractivity contribution is 0.520. The number of hydrogen-bond donors (Lipinski definition) is 1. The minimum Gasteiger partial charge on any atom is -0.316 e. The van der Waals surface area contributed by atoms with E-state index in [4.69, 9.17) is 0 Å². The van der Waals surface area contributed by atoms with E-state index in [-0.39, 0.29) is 1.43 Å². The van der Waals surface area contributed by atoms with Crippen LogP contribution in [0.5, 0.6) is 0 Å². The molecule has 1 N–H and O–H groups in total. The third-order valence-electron chi connectivity index (χ3n) is 2.51. The summed E-state index contributed by atoms with van der Waals surface area (Å²) in [6.07, 6.45) is 9.87. The highest BCUT2D eigenvalue weighted by Gasteiger charge is 1.93. The number of hydrogen-bond acceptors (Lipinski definition) is 1. The lowest BCUT2D eigenvalue weighted by atomic mass is 10.1. The van der Waals surface area contributed by atoms with Gasteiger partial charge in [0.2, 0.25) is 0 Å². The first-order valence-electron chi connectivity index (χ1n) is 6.48. The van der Waals surface area contributed by atoms with Gasteiger partial charge in [-0.2, -0.15) is 0 Å². The third kappa shape index (κ3) is 12.0. The molecule has 1 nitrogen and oxygen atoms in total. The highest BCUT2D eigenvalue weighted by Crippen LogP contribution is 2.06. The first-order chi connectivity index (χ1) is 6.77. The van der Waals surface area contributed by atoms with Crippen molar-refractivity contribution >= 4 is 0 Å². The summed E-state index contributed by atoms with van der Waals surface area (Å²) in [5, 5.41) is 3.49. The molecular formula is C13H31N. The molecule has 0 bridgehead atoms. The van der Waals surface area contributed by atoms with Crippen LogP contribution in [0.2, 0.25) is 0 Å². The molecule has 0 aromatic rings. The van der Waals surface area contributed by atoms with E-state index in [9.17, 15) is 0 Å². The molecule has 88 valence electrons. The minimum absolute atomic E-state index is 0. The molecule has 0 heterocycles. The molecule has 1 heteroatoms. The van der Waals surface area contributed by atoms with Gasteiger partial charge in [0.15, 0.2) is 0 Å². The van der Waals surface area contributed by atoms with E-state index >= 15 is 0 Å². The van der Waals surface area contributed by atoms with Crippen LogP contribution in [-0.4, -0.2) is 13.1 Å². The molecule has 0 fully saturated rings. The maximum Gasteiger partial charge on any atom is 0 e. The highest BCUT2D eigenvalue weighted by molar-refractivity contribution is 4.52. The quantitative estimate of drug-likeness (QED) is 0.522. The predicted molar refractivity (Wildman–Crippen MR) is 67.8 cm³/mol. The van der Waals surface area contributed by atoms with Crippen molar-refractivity contribution in [3.05, 3.63) is 0 Å². The standard InChI is InChI=1S/C13H29N.H2/c1-4-5-6-7-8-9-10-11-14-12-13(2)3;/h13-14H,4-12H2,1-3H3;1H. The lowest BCUT2D eigenvalue weighted by Crippen LogP contribution is -2.20. The van der Waals surface area contributed by atoms with Crippen molar-refractivity contribution in [2.45, 2.75) is 65.7 Å². The van der Waals surface area contributed by atoms with E-state index < -0.39 is 0 Å². The van der Waals surface area contributed by atoms with Gasteiger partial charge in [-0.1, -0.05) is 59.3 Å². The summed E-state index contributed by atoms with van der Waals surface area (Å²) in [5.74, 6) is 0.791. The largest absolute Gasteiger partial charge is 0.316 e. The molecule has 0 rings (SSSR count). The van der Waals surface area contributed by atoms with Crippen molar-refractivity contribution in [1.29, 1.82) is 0 Å². The van der Waals surface area contributed by atoms with Crippen molar-refractivity contribution in [1.82, 2.24) is 5.32 Å². The van der Waals surface area contributed by atoms with E-state index in [1.165, 1.54) is 58.0 Å². The van der Waals surface area contributed by atoms with E-state index in [0.717, 1.165) is 5.92 Å². The zero-order valence-corrected chi connectivity index (χ0v) is 10.4. The maximum atomic E-state index is 3.49. The van der Waals surface area contributed by atoms with Crippen LogP contribution < -0.4 is 5.32 Å². The van der Waals surface area contributed by atoms with Gasteiger partial charge in [-0.3, -0.25) is 0 Å². The Labute approximate surface area is 92.2 Å². The molecule has 0 spiro atoms. The molecule has 0 unspecified atom stereocenters. The molecule has 0 aromatic heterocycles. The van der Waals surface area contributed by atoms with Crippen molar-refractivity contribution in [2.24, 2.45) is 5.92 Å². The van der Waals surface area contributed by atoms with Crippen molar-refractivity contribution in [3.63, 3.8) is 0 Å². The molecule has 0 amide bonds. The van der Waals surface area contributed by atoms with Crippen molar-refractivity contribution in [2.75, 3.05) is 13.1 Å². The molecule has 14 heavy (non-hydrogen) atoms. The van der Waals surface area contributed by atoms with E-state index in [1.807, 2.05) is 0 Å². The smallest absolute Gasteiger partial charge is 0 e. The Balaban J connectivity index is 0. The lowest BCUT2D eigenvalue weighted by Gasteiger charge is -2.06. The maximum absolute atomic E-state index is 3.49. The summed E-state index contributed by atoms with van der Waals surface area (Å²) in [7, 11) is 0. The molecule has 0 saturated carbocycles. The Morgan fingerprint density at radius 1 is 0.929 bits per heavy atom. The van der Waals surface area contributed by atoms with Gasteiger partial charge in [-0.05, 0) is 25.4 Å². The summed E-state index contributed by atoms with van der Waals surface area (Å²) in [5.41, 5.74) is 0. The average Bonchev–Trinajstić information content (AvgIpc) is 2.15. The van der Waals surface area contributed by atoms with Crippen LogP contribution in [0, 0.1) is 5.92 Å². The second-order valence-corrected chi connectivity index (χ2v) is 4.72. The summed E-state index contributed by atoms with van der Waals surface area (Å²) in [6.45, 7) is 9.19. The molecule has 0 atom stereocenters. The summed E-state index contributed by atoms with van der Waals surface area (Å²) in [4.78, 5) is 0. The number of unbranched alkanes of at least 4 members (excludes halogenated alkanes) is 6. The van der Waals surface area contributed by atoms with Gasteiger partial charge in [0.1, 0.15) is 0 Å². The average molecular weight is 201 g/mol. The van der Waals surface area contributed by atoms with Gasteiger partial charge in [0, 0.05) is 1.43 Å². The van der Waals surface area contributed by atoms with Crippen LogP contribution >= 0.6 is 0 Å². The third-order valence-corrected chi connectivity index (χ3v) is 2.51. The fourth-order valence-electron chi connectivity index (χ4n) is 1.60. The second-order valence-electron chi connectivity index (χ2n) is 4.72. The van der Waals surface area contributed by atoms with Gasteiger partial charge in [0.05, 0.1) is 0 Å². The van der Waals surface area contributed by atoms with Crippen LogP contribution in [0.4, 0.5) is 0 Å². The zero-order chi connectivity index (χ0) is 10.6. The molecule has 0 aliphatic rings. The van der Waals surface area contributed by atoms with E-state index in [1.54, 1.807) is 0 Å². The van der Waals surface area contributed by atoms with Gasteiger partial charge in [-0.15, -0.1) is 0 Å². The van der Waals surface area contributed by atoms with Crippen LogP contribution in [0.25, 0.3) is 0 Å². The summed E-state index contributed by atoms with van der Waals surface area (Å²) in [6, 6.07) is 0. The Bertz CT molecular complexity index is 105. The second kappa shape index (κ2) is 11.0. The van der Waals surface area contributed by atoms with Gasteiger partial charge < -0.3 is 5.32 Å². The minimum atomic E-state index is 0. The molecule has 0 aromatic carbocycles. The summed E-state index contributed by atoms with van der Waals surface area (Å²) < 4.78 is 0. The fraction of sp³-hybridized carbons (Fsp3) is 1.00. The van der Waals surface area contributed by atoms with Crippen molar-refractivity contribution in [3.8, 4) is 0 Å². The van der Waals surface area contributed by atoms with E-state index in [0.29, 0.717) is 0 Å². The Hall–Kier alpha value is -0.0400. The number of nitrogens with one attached hydrogen (secondary N) is 1.